The molecule has 0 bridgehead atoms. The summed E-state index contributed by atoms with van der Waals surface area (Å²) < 4.78 is 5.04. The molecule has 27 heavy (non-hydrogen) atoms. The van der Waals surface area contributed by atoms with Crippen LogP contribution in [0.3, 0.4) is 0 Å². The summed E-state index contributed by atoms with van der Waals surface area (Å²) in [7, 11) is 0. The minimum Gasteiger partial charge on any atom is -0.450 e. The summed E-state index contributed by atoms with van der Waals surface area (Å²) in [6.07, 6.45) is 3.50. The summed E-state index contributed by atoms with van der Waals surface area (Å²) in [4.78, 5) is 11.6. The van der Waals surface area contributed by atoms with Crippen LogP contribution in [0.1, 0.15) is 54.0 Å². The Balaban J connectivity index is 1.82. The van der Waals surface area contributed by atoms with Crippen LogP contribution in [-0.4, -0.2) is 24.4 Å². The maximum absolute atomic E-state index is 11.8. The lowest BCUT2D eigenvalue weighted by atomic mass is 9.79. The summed E-state index contributed by atoms with van der Waals surface area (Å²) in [5, 5.41) is 14.6. The molecule has 4 nitrogen and oxygen atoms in total. The standard InChI is InChI=1S/C23H29NO3/c1-3-16-27-22(25)24-15-7-14-23(26)20-10-5-4-9-18(20)12-13-19-17(2)8-6-11-21(19)23/h4-6,8-11,26H,3,7,12-16H2,1-2H3,(H,24,25). The number of fused-ring (bicyclic) bond motifs is 2. The van der Waals surface area contributed by atoms with Crippen LogP contribution in [0, 0.1) is 6.92 Å². The fraction of sp³-hybridized carbons (Fsp3) is 0.435. The molecule has 3 rings (SSSR count). The number of amides is 1. The van der Waals surface area contributed by atoms with E-state index < -0.39 is 5.60 Å². The van der Waals surface area contributed by atoms with Crippen molar-refractivity contribution in [2.75, 3.05) is 13.2 Å². The first-order valence-electron chi connectivity index (χ1n) is 9.86. The smallest absolute Gasteiger partial charge is 0.407 e. The third-order valence-electron chi connectivity index (χ3n) is 5.39. The van der Waals surface area contributed by atoms with Crippen LogP contribution in [-0.2, 0) is 23.2 Å². The lowest BCUT2D eigenvalue weighted by Gasteiger charge is -2.31. The second kappa shape index (κ2) is 8.57. The minimum atomic E-state index is -1.04. The van der Waals surface area contributed by atoms with E-state index in [0.29, 0.717) is 26.0 Å². The number of aliphatic hydroxyl groups is 1. The van der Waals surface area contributed by atoms with Gasteiger partial charge < -0.3 is 15.2 Å². The maximum Gasteiger partial charge on any atom is 0.407 e. The van der Waals surface area contributed by atoms with Gasteiger partial charge in [-0.3, -0.25) is 0 Å². The number of hydrogen-bond acceptors (Lipinski definition) is 3. The number of ether oxygens (including phenoxy) is 1. The number of carbonyl (C=O) groups excluding carboxylic acids is 1. The van der Waals surface area contributed by atoms with Gasteiger partial charge >= 0.3 is 6.09 Å². The van der Waals surface area contributed by atoms with Gasteiger partial charge in [-0.25, -0.2) is 4.79 Å². The second-order valence-corrected chi connectivity index (χ2v) is 7.28. The predicted molar refractivity (Wildman–Crippen MR) is 107 cm³/mol. The van der Waals surface area contributed by atoms with E-state index in [-0.39, 0.29) is 6.09 Å². The van der Waals surface area contributed by atoms with Gasteiger partial charge in [-0.2, -0.15) is 0 Å². The molecule has 0 saturated carbocycles. The molecule has 2 N–H and O–H groups in total. The van der Waals surface area contributed by atoms with Crippen LogP contribution in [0.15, 0.2) is 42.5 Å². The largest absolute Gasteiger partial charge is 0.450 e. The first-order valence-corrected chi connectivity index (χ1v) is 9.86. The van der Waals surface area contributed by atoms with Crippen molar-refractivity contribution in [1.82, 2.24) is 5.32 Å². The summed E-state index contributed by atoms with van der Waals surface area (Å²) in [6.45, 7) is 4.98. The maximum atomic E-state index is 11.8. The summed E-state index contributed by atoms with van der Waals surface area (Å²) in [5.41, 5.74) is 4.62. The van der Waals surface area contributed by atoms with Crippen LogP contribution in [0.2, 0.25) is 0 Å². The zero-order chi connectivity index (χ0) is 19.3. The lowest BCUT2D eigenvalue weighted by Crippen LogP contribution is -2.31. The van der Waals surface area contributed by atoms with Crippen molar-refractivity contribution in [1.29, 1.82) is 0 Å². The van der Waals surface area contributed by atoms with Gasteiger partial charge in [-0.15, -0.1) is 0 Å². The van der Waals surface area contributed by atoms with E-state index in [1.165, 1.54) is 16.7 Å². The van der Waals surface area contributed by atoms with Gasteiger partial charge in [0.15, 0.2) is 0 Å². The molecule has 1 aliphatic carbocycles. The number of nitrogens with one attached hydrogen (secondary N) is 1. The number of alkyl carbamates (subject to hydrolysis) is 1. The van der Waals surface area contributed by atoms with Gasteiger partial charge in [0.25, 0.3) is 0 Å². The molecule has 1 aliphatic rings. The van der Waals surface area contributed by atoms with Crippen LogP contribution in [0.25, 0.3) is 0 Å². The highest BCUT2D eigenvalue weighted by atomic mass is 16.5. The van der Waals surface area contributed by atoms with Gasteiger partial charge in [0.2, 0.25) is 0 Å². The van der Waals surface area contributed by atoms with E-state index in [9.17, 15) is 9.90 Å². The molecule has 144 valence electrons. The molecule has 0 heterocycles. The third-order valence-corrected chi connectivity index (χ3v) is 5.39. The Hall–Kier alpha value is -2.33. The molecule has 1 atom stereocenters. The van der Waals surface area contributed by atoms with Crippen molar-refractivity contribution in [3.05, 3.63) is 70.3 Å². The molecule has 0 radical (unpaired) electrons. The molecule has 0 aromatic heterocycles. The van der Waals surface area contributed by atoms with Gasteiger partial charge in [0, 0.05) is 6.54 Å². The Bertz CT molecular complexity index is 802. The molecule has 0 aliphatic heterocycles. The average molecular weight is 367 g/mol. The van der Waals surface area contributed by atoms with Crippen molar-refractivity contribution in [3.63, 3.8) is 0 Å². The minimum absolute atomic E-state index is 0.388. The molecular weight excluding hydrogens is 338 g/mol. The molecule has 2 aromatic carbocycles. The van der Waals surface area contributed by atoms with Crippen molar-refractivity contribution in [2.24, 2.45) is 0 Å². The summed E-state index contributed by atoms with van der Waals surface area (Å²) in [6, 6.07) is 14.4. The summed E-state index contributed by atoms with van der Waals surface area (Å²) in [5.74, 6) is 0. The van der Waals surface area contributed by atoms with Gasteiger partial charge in [-0.1, -0.05) is 49.4 Å². The normalized spacial score (nSPS) is 18.2. The molecule has 4 heteroatoms. The molecular formula is C23H29NO3. The Kier molecular flexibility index (Phi) is 6.17. The quantitative estimate of drug-likeness (QED) is 0.751. The van der Waals surface area contributed by atoms with Crippen LogP contribution < -0.4 is 5.32 Å². The average Bonchev–Trinajstić information content (AvgIpc) is 2.80. The van der Waals surface area contributed by atoms with Crippen LogP contribution in [0.4, 0.5) is 4.79 Å². The van der Waals surface area contributed by atoms with Crippen LogP contribution >= 0.6 is 0 Å². The van der Waals surface area contributed by atoms with Crippen molar-refractivity contribution < 1.29 is 14.6 Å². The highest BCUT2D eigenvalue weighted by Crippen LogP contribution is 2.41. The fourth-order valence-corrected chi connectivity index (χ4v) is 4.02. The van der Waals surface area contributed by atoms with Crippen molar-refractivity contribution in [3.8, 4) is 0 Å². The zero-order valence-electron chi connectivity index (χ0n) is 16.3. The van der Waals surface area contributed by atoms with E-state index in [0.717, 1.165) is 30.4 Å². The van der Waals surface area contributed by atoms with E-state index >= 15 is 0 Å². The Morgan fingerprint density at radius 3 is 2.74 bits per heavy atom. The molecule has 1 unspecified atom stereocenters. The lowest BCUT2D eigenvalue weighted by molar-refractivity contribution is 0.0676. The molecule has 0 saturated heterocycles. The number of hydrogen-bond donors (Lipinski definition) is 2. The van der Waals surface area contributed by atoms with Gasteiger partial charge in [0.1, 0.15) is 5.60 Å². The SMILES string of the molecule is CCCOC(=O)NCCCC1(O)c2ccccc2CCc2c(C)cccc21. The predicted octanol–water partition coefficient (Wildman–Crippen LogP) is 4.25. The van der Waals surface area contributed by atoms with Crippen molar-refractivity contribution in [2.45, 2.75) is 51.6 Å². The number of rotatable bonds is 6. The van der Waals surface area contributed by atoms with Crippen molar-refractivity contribution >= 4 is 6.09 Å². The Labute approximate surface area is 161 Å². The molecule has 0 spiro atoms. The number of benzene rings is 2. The van der Waals surface area contributed by atoms with E-state index in [1.54, 1.807) is 0 Å². The highest BCUT2D eigenvalue weighted by molar-refractivity contribution is 5.67. The van der Waals surface area contributed by atoms with E-state index in [2.05, 4.69) is 24.4 Å². The Morgan fingerprint density at radius 1 is 1.15 bits per heavy atom. The molecule has 0 fully saturated rings. The first kappa shape index (κ1) is 19.4. The monoisotopic (exact) mass is 367 g/mol. The molecule has 2 aromatic rings. The van der Waals surface area contributed by atoms with E-state index in [1.807, 2.05) is 37.3 Å². The van der Waals surface area contributed by atoms with Gasteiger partial charge in [0.05, 0.1) is 6.61 Å². The third kappa shape index (κ3) is 4.16. The number of aryl methyl sites for hydroxylation is 2. The highest BCUT2D eigenvalue weighted by Gasteiger charge is 2.37. The van der Waals surface area contributed by atoms with Crippen LogP contribution in [0.5, 0.6) is 0 Å². The Morgan fingerprint density at radius 2 is 1.93 bits per heavy atom. The molecule has 1 amide bonds. The second-order valence-electron chi connectivity index (χ2n) is 7.28. The fourth-order valence-electron chi connectivity index (χ4n) is 4.02. The van der Waals surface area contributed by atoms with Gasteiger partial charge in [-0.05, 0) is 66.8 Å². The first-order chi connectivity index (χ1) is 13.1. The topological polar surface area (TPSA) is 58.6 Å². The number of carbonyl (C=O) groups is 1. The summed E-state index contributed by atoms with van der Waals surface area (Å²) >= 11 is 0. The van der Waals surface area contributed by atoms with E-state index in [4.69, 9.17) is 4.74 Å². The zero-order valence-corrected chi connectivity index (χ0v) is 16.3.